The summed E-state index contributed by atoms with van der Waals surface area (Å²) in [5.74, 6) is 0.738. The van der Waals surface area contributed by atoms with Crippen LogP contribution in [0.1, 0.15) is 23.0 Å². The van der Waals surface area contributed by atoms with Crippen molar-refractivity contribution in [1.29, 1.82) is 0 Å². The largest absolute Gasteiger partial charge is 0.496 e. The van der Waals surface area contributed by atoms with Gasteiger partial charge < -0.3 is 4.74 Å². The second-order valence-electron chi connectivity index (χ2n) is 4.30. The van der Waals surface area contributed by atoms with Crippen LogP contribution in [0.2, 0.25) is 0 Å². The number of carbonyl (C=O) groups excluding carboxylic acids is 1. The van der Waals surface area contributed by atoms with E-state index < -0.39 is 0 Å². The minimum absolute atomic E-state index is 0.0385. The van der Waals surface area contributed by atoms with E-state index in [1.165, 1.54) is 6.92 Å². The molecule has 4 nitrogen and oxygen atoms in total. The molecule has 1 aromatic heterocycles. The Labute approximate surface area is 106 Å². The number of aromatic nitrogens is 2. The van der Waals surface area contributed by atoms with E-state index in [1.807, 2.05) is 32.2 Å². The van der Waals surface area contributed by atoms with Crippen LogP contribution in [0, 0.1) is 6.92 Å². The van der Waals surface area contributed by atoms with E-state index in [1.54, 1.807) is 17.9 Å². The lowest BCUT2D eigenvalue weighted by molar-refractivity contribution is 0.101. The van der Waals surface area contributed by atoms with E-state index in [2.05, 4.69) is 5.10 Å². The SMILES string of the molecule is COc1ccc(C)cc1-c1cc(C(C)=O)nn1C. The van der Waals surface area contributed by atoms with Crippen LogP contribution in [-0.4, -0.2) is 22.7 Å². The van der Waals surface area contributed by atoms with E-state index in [0.29, 0.717) is 5.69 Å². The molecule has 0 N–H and O–H groups in total. The van der Waals surface area contributed by atoms with E-state index in [0.717, 1.165) is 22.6 Å². The Morgan fingerprint density at radius 2 is 2.06 bits per heavy atom. The van der Waals surface area contributed by atoms with Crippen molar-refractivity contribution in [1.82, 2.24) is 9.78 Å². The number of ketones is 1. The first-order valence-corrected chi connectivity index (χ1v) is 5.73. The number of aryl methyl sites for hydroxylation is 2. The molecule has 0 amide bonds. The molecule has 0 aliphatic carbocycles. The summed E-state index contributed by atoms with van der Waals surface area (Å²) in [7, 11) is 3.46. The van der Waals surface area contributed by atoms with Crippen LogP contribution in [0.3, 0.4) is 0 Å². The van der Waals surface area contributed by atoms with Crippen LogP contribution in [0.25, 0.3) is 11.3 Å². The van der Waals surface area contributed by atoms with Gasteiger partial charge in [0, 0.05) is 19.5 Å². The summed E-state index contributed by atoms with van der Waals surface area (Å²) in [6.07, 6.45) is 0. The molecule has 0 aliphatic rings. The molecule has 0 radical (unpaired) electrons. The van der Waals surface area contributed by atoms with Gasteiger partial charge in [-0.15, -0.1) is 0 Å². The lowest BCUT2D eigenvalue weighted by atomic mass is 10.1. The van der Waals surface area contributed by atoms with E-state index >= 15 is 0 Å². The molecule has 0 bridgehead atoms. The second-order valence-corrected chi connectivity index (χ2v) is 4.30. The minimum atomic E-state index is -0.0385. The predicted octanol–water partition coefficient (Wildman–Crippen LogP) is 2.61. The molecule has 1 aromatic carbocycles. The standard InChI is InChI=1S/C14H16N2O2/c1-9-5-6-14(18-4)11(7-9)13-8-12(10(2)17)15-16(13)3/h5-8H,1-4H3. The fourth-order valence-corrected chi connectivity index (χ4v) is 1.91. The van der Waals surface area contributed by atoms with Gasteiger partial charge in [0.25, 0.3) is 0 Å². The van der Waals surface area contributed by atoms with E-state index in [-0.39, 0.29) is 5.78 Å². The fourth-order valence-electron chi connectivity index (χ4n) is 1.91. The Morgan fingerprint density at radius 3 is 2.61 bits per heavy atom. The number of benzene rings is 1. The highest BCUT2D eigenvalue weighted by Gasteiger charge is 2.14. The maximum absolute atomic E-state index is 11.4. The maximum atomic E-state index is 11.4. The first kappa shape index (κ1) is 12.4. The lowest BCUT2D eigenvalue weighted by Crippen LogP contribution is -1.98. The third-order valence-corrected chi connectivity index (χ3v) is 2.87. The van der Waals surface area contributed by atoms with Gasteiger partial charge in [0.1, 0.15) is 11.4 Å². The third-order valence-electron chi connectivity index (χ3n) is 2.87. The number of hydrogen-bond donors (Lipinski definition) is 0. The number of hydrogen-bond acceptors (Lipinski definition) is 3. The molecular weight excluding hydrogens is 228 g/mol. The van der Waals surface area contributed by atoms with Crippen LogP contribution in [0.5, 0.6) is 5.75 Å². The molecule has 0 aliphatic heterocycles. The molecule has 2 aromatic rings. The Kier molecular flexibility index (Phi) is 3.19. The summed E-state index contributed by atoms with van der Waals surface area (Å²) in [5, 5.41) is 4.20. The first-order valence-electron chi connectivity index (χ1n) is 5.73. The number of methoxy groups -OCH3 is 1. The lowest BCUT2D eigenvalue weighted by Gasteiger charge is -2.09. The molecule has 0 spiro atoms. The number of nitrogens with zero attached hydrogens (tertiary/aromatic N) is 2. The Balaban J connectivity index is 2.60. The smallest absolute Gasteiger partial charge is 0.180 e. The van der Waals surface area contributed by atoms with Gasteiger partial charge in [-0.2, -0.15) is 5.10 Å². The number of ether oxygens (including phenoxy) is 1. The molecular formula is C14H16N2O2. The maximum Gasteiger partial charge on any atom is 0.180 e. The van der Waals surface area contributed by atoms with Crippen molar-refractivity contribution >= 4 is 5.78 Å². The summed E-state index contributed by atoms with van der Waals surface area (Å²) in [4.78, 5) is 11.4. The predicted molar refractivity (Wildman–Crippen MR) is 69.9 cm³/mol. The molecule has 0 saturated carbocycles. The Bertz CT molecular complexity index is 600. The van der Waals surface area contributed by atoms with Crippen LogP contribution in [0.15, 0.2) is 24.3 Å². The summed E-state index contributed by atoms with van der Waals surface area (Å²) in [6, 6.07) is 7.73. The summed E-state index contributed by atoms with van der Waals surface area (Å²) in [5.41, 5.74) is 3.42. The average molecular weight is 244 g/mol. The molecule has 4 heteroatoms. The monoisotopic (exact) mass is 244 g/mol. The molecule has 0 fully saturated rings. The van der Waals surface area contributed by atoms with Crippen molar-refractivity contribution in [3.05, 3.63) is 35.5 Å². The van der Waals surface area contributed by atoms with Crippen molar-refractivity contribution in [3.8, 4) is 17.0 Å². The Hall–Kier alpha value is -2.10. The zero-order valence-corrected chi connectivity index (χ0v) is 11.0. The van der Waals surface area contributed by atoms with Crippen LogP contribution < -0.4 is 4.74 Å². The minimum Gasteiger partial charge on any atom is -0.496 e. The Morgan fingerprint density at radius 1 is 1.33 bits per heavy atom. The number of Topliss-reactive ketones (excluding diaryl/α,β-unsaturated/α-hetero) is 1. The molecule has 1 heterocycles. The topological polar surface area (TPSA) is 44.1 Å². The van der Waals surface area contributed by atoms with Crippen LogP contribution in [-0.2, 0) is 7.05 Å². The molecule has 0 atom stereocenters. The van der Waals surface area contributed by atoms with Gasteiger partial charge in [-0.25, -0.2) is 0 Å². The van der Waals surface area contributed by atoms with Gasteiger partial charge in [0.05, 0.1) is 12.8 Å². The van der Waals surface area contributed by atoms with Gasteiger partial charge in [0.2, 0.25) is 0 Å². The van der Waals surface area contributed by atoms with Gasteiger partial charge >= 0.3 is 0 Å². The van der Waals surface area contributed by atoms with Gasteiger partial charge in [0.15, 0.2) is 5.78 Å². The average Bonchev–Trinajstić information content (AvgIpc) is 2.71. The quantitative estimate of drug-likeness (QED) is 0.779. The molecule has 18 heavy (non-hydrogen) atoms. The normalized spacial score (nSPS) is 10.4. The van der Waals surface area contributed by atoms with Crippen LogP contribution >= 0.6 is 0 Å². The van der Waals surface area contributed by atoms with Crippen molar-refractivity contribution in [3.63, 3.8) is 0 Å². The third kappa shape index (κ3) is 2.14. The van der Waals surface area contributed by atoms with Crippen molar-refractivity contribution < 1.29 is 9.53 Å². The molecule has 94 valence electrons. The number of rotatable bonds is 3. The second kappa shape index (κ2) is 4.64. The van der Waals surface area contributed by atoms with Gasteiger partial charge in [-0.05, 0) is 25.1 Å². The van der Waals surface area contributed by atoms with Crippen LogP contribution in [0.4, 0.5) is 0 Å². The van der Waals surface area contributed by atoms with Crippen molar-refractivity contribution in [2.45, 2.75) is 13.8 Å². The van der Waals surface area contributed by atoms with E-state index in [9.17, 15) is 4.79 Å². The molecule has 0 saturated heterocycles. The first-order chi connectivity index (χ1) is 8.52. The fraction of sp³-hybridized carbons (Fsp3) is 0.286. The summed E-state index contributed by atoms with van der Waals surface area (Å²) < 4.78 is 7.06. The highest BCUT2D eigenvalue weighted by molar-refractivity contribution is 5.93. The van der Waals surface area contributed by atoms with E-state index in [4.69, 9.17) is 4.74 Å². The van der Waals surface area contributed by atoms with Gasteiger partial charge in [-0.1, -0.05) is 11.6 Å². The zero-order valence-electron chi connectivity index (χ0n) is 11.0. The van der Waals surface area contributed by atoms with Gasteiger partial charge in [-0.3, -0.25) is 9.48 Å². The number of carbonyl (C=O) groups is 1. The highest BCUT2D eigenvalue weighted by atomic mass is 16.5. The molecule has 2 rings (SSSR count). The summed E-state index contributed by atoms with van der Waals surface area (Å²) >= 11 is 0. The van der Waals surface area contributed by atoms with Crippen molar-refractivity contribution in [2.75, 3.05) is 7.11 Å². The molecule has 0 unspecified atom stereocenters. The zero-order chi connectivity index (χ0) is 13.3. The summed E-state index contributed by atoms with van der Waals surface area (Å²) in [6.45, 7) is 3.53. The van der Waals surface area contributed by atoms with Crippen molar-refractivity contribution in [2.24, 2.45) is 7.05 Å². The highest BCUT2D eigenvalue weighted by Crippen LogP contribution is 2.31.